The first-order chi connectivity index (χ1) is 12.6. The molecule has 0 saturated carbocycles. The Balaban J connectivity index is 1.53. The molecule has 1 N–H and O–H groups in total. The lowest BCUT2D eigenvalue weighted by molar-refractivity contribution is -0.118. The molecule has 1 saturated heterocycles. The normalized spacial score (nSPS) is 16.7. The molecule has 2 aromatic heterocycles. The summed E-state index contributed by atoms with van der Waals surface area (Å²) in [5.41, 5.74) is 0. The maximum atomic E-state index is 12.3. The molecule has 1 atom stereocenters. The van der Waals surface area contributed by atoms with Crippen LogP contribution in [0.4, 0.5) is 0 Å². The van der Waals surface area contributed by atoms with E-state index in [1.165, 1.54) is 31.0 Å². The van der Waals surface area contributed by atoms with Gasteiger partial charge in [0.25, 0.3) is 0 Å². The van der Waals surface area contributed by atoms with E-state index in [1.54, 1.807) is 12.6 Å². The van der Waals surface area contributed by atoms with Gasteiger partial charge in [-0.25, -0.2) is 0 Å². The fourth-order valence-electron chi connectivity index (χ4n) is 3.20. The van der Waals surface area contributed by atoms with Crippen LogP contribution in [0.25, 0.3) is 0 Å². The van der Waals surface area contributed by atoms with Crippen molar-refractivity contribution < 1.29 is 9.21 Å². The summed E-state index contributed by atoms with van der Waals surface area (Å²) in [5.74, 6) is 1.25. The molecule has 0 aromatic carbocycles. The van der Waals surface area contributed by atoms with Crippen molar-refractivity contribution in [2.75, 3.05) is 25.4 Å². The Bertz CT molecular complexity index is 680. The van der Waals surface area contributed by atoms with Crippen molar-refractivity contribution >= 4 is 17.7 Å². The Morgan fingerprint density at radius 3 is 2.85 bits per heavy atom. The predicted molar refractivity (Wildman–Crippen MR) is 101 cm³/mol. The summed E-state index contributed by atoms with van der Waals surface area (Å²) < 4.78 is 7.59. The zero-order valence-corrected chi connectivity index (χ0v) is 16.2. The highest BCUT2D eigenvalue weighted by atomic mass is 32.2. The van der Waals surface area contributed by atoms with Crippen molar-refractivity contribution in [3.05, 3.63) is 30.5 Å². The molecular formula is C18H27N5O2S. The topological polar surface area (TPSA) is 76.2 Å². The zero-order valence-electron chi connectivity index (χ0n) is 15.4. The summed E-state index contributed by atoms with van der Waals surface area (Å²) in [6.07, 6.45) is 7.08. The Labute approximate surface area is 158 Å². The molecule has 1 aliphatic heterocycles. The Kier molecular flexibility index (Phi) is 6.73. The maximum Gasteiger partial charge on any atom is 0.230 e. The molecule has 7 nitrogen and oxygen atoms in total. The lowest BCUT2D eigenvalue weighted by Gasteiger charge is -2.33. The first kappa shape index (κ1) is 19.0. The summed E-state index contributed by atoms with van der Waals surface area (Å²) >= 11 is 1.42. The predicted octanol–water partition coefficient (Wildman–Crippen LogP) is 2.89. The summed E-state index contributed by atoms with van der Waals surface area (Å²) in [6, 6.07) is 4.27. The number of carbonyl (C=O) groups excluding carboxylic acids is 1. The second-order valence-electron chi connectivity index (χ2n) is 6.84. The number of likely N-dealkylation sites (tertiary alicyclic amines) is 1. The van der Waals surface area contributed by atoms with Gasteiger partial charge in [-0.15, -0.1) is 10.2 Å². The summed E-state index contributed by atoms with van der Waals surface area (Å²) in [7, 11) is 0. The fourth-order valence-corrected chi connectivity index (χ4v) is 4.08. The van der Waals surface area contributed by atoms with E-state index in [0.717, 1.165) is 24.0 Å². The fraction of sp³-hybridized carbons (Fsp3) is 0.611. The van der Waals surface area contributed by atoms with Gasteiger partial charge in [-0.05, 0) is 51.9 Å². The SMILES string of the molecule is CC(C)n1cnnc1SCC(=O)NCC(c1ccco1)N1CCCCC1. The Morgan fingerprint density at radius 2 is 2.15 bits per heavy atom. The van der Waals surface area contributed by atoms with E-state index in [2.05, 4.69) is 34.3 Å². The number of carbonyl (C=O) groups is 1. The van der Waals surface area contributed by atoms with E-state index in [9.17, 15) is 4.79 Å². The molecule has 0 bridgehead atoms. The highest BCUT2D eigenvalue weighted by Crippen LogP contribution is 2.24. The van der Waals surface area contributed by atoms with Crippen LogP contribution in [0.15, 0.2) is 34.3 Å². The van der Waals surface area contributed by atoms with Crippen LogP contribution < -0.4 is 5.32 Å². The van der Waals surface area contributed by atoms with Gasteiger partial charge >= 0.3 is 0 Å². The molecular weight excluding hydrogens is 350 g/mol. The van der Waals surface area contributed by atoms with Crippen molar-refractivity contribution in [2.45, 2.75) is 50.4 Å². The minimum absolute atomic E-state index is 0.00173. The third-order valence-electron chi connectivity index (χ3n) is 4.62. The molecule has 0 spiro atoms. The first-order valence-corrected chi connectivity index (χ1v) is 10.2. The van der Waals surface area contributed by atoms with E-state index in [-0.39, 0.29) is 18.0 Å². The minimum atomic E-state index is 0.00173. The van der Waals surface area contributed by atoms with Crippen molar-refractivity contribution in [1.29, 1.82) is 0 Å². The van der Waals surface area contributed by atoms with E-state index < -0.39 is 0 Å². The van der Waals surface area contributed by atoms with E-state index in [4.69, 9.17) is 4.42 Å². The molecule has 1 aliphatic rings. The third kappa shape index (κ3) is 4.88. The molecule has 0 aliphatic carbocycles. The van der Waals surface area contributed by atoms with Crippen LogP contribution >= 0.6 is 11.8 Å². The number of thioether (sulfide) groups is 1. The number of hydrogen-bond donors (Lipinski definition) is 1. The molecule has 3 heterocycles. The third-order valence-corrected chi connectivity index (χ3v) is 5.58. The van der Waals surface area contributed by atoms with E-state index >= 15 is 0 Å². The van der Waals surface area contributed by atoms with Gasteiger partial charge < -0.3 is 14.3 Å². The van der Waals surface area contributed by atoms with Crippen LogP contribution in [-0.4, -0.2) is 51.0 Å². The molecule has 2 aromatic rings. The second-order valence-corrected chi connectivity index (χ2v) is 7.78. The molecule has 1 fully saturated rings. The zero-order chi connectivity index (χ0) is 18.4. The van der Waals surface area contributed by atoms with Gasteiger partial charge in [-0.2, -0.15) is 0 Å². The number of piperidine rings is 1. The Morgan fingerprint density at radius 1 is 1.35 bits per heavy atom. The van der Waals surface area contributed by atoms with Crippen LogP contribution in [0.2, 0.25) is 0 Å². The second kappa shape index (κ2) is 9.23. The largest absolute Gasteiger partial charge is 0.468 e. The average Bonchev–Trinajstić information content (AvgIpc) is 3.33. The lowest BCUT2D eigenvalue weighted by atomic mass is 10.1. The molecule has 1 amide bonds. The number of nitrogens with zero attached hydrogens (tertiary/aromatic N) is 4. The summed E-state index contributed by atoms with van der Waals surface area (Å²) in [6.45, 7) is 6.80. The van der Waals surface area contributed by atoms with Crippen molar-refractivity contribution in [3.8, 4) is 0 Å². The smallest absolute Gasteiger partial charge is 0.230 e. The molecule has 26 heavy (non-hydrogen) atoms. The van der Waals surface area contributed by atoms with Crippen LogP contribution in [0, 0.1) is 0 Å². The molecule has 3 rings (SSSR count). The number of hydrogen-bond acceptors (Lipinski definition) is 6. The summed E-state index contributed by atoms with van der Waals surface area (Å²) in [4.78, 5) is 14.7. The van der Waals surface area contributed by atoms with Gasteiger partial charge in [0.05, 0.1) is 18.1 Å². The molecule has 142 valence electrons. The summed E-state index contributed by atoms with van der Waals surface area (Å²) in [5, 5.41) is 11.9. The van der Waals surface area contributed by atoms with Gasteiger partial charge in [-0.1, -0.05) is 18.2 Å². The highest BCUT2D eigenvalue weighted by molar-refractivity contribution is 7.99. The quantitative estimate of drug-likeness (QED) is 0.713. The lowest BCUT2D eigenvalue weighted by Crippen LogP contribution is -2.40. The highest BCUT2D eigenvalue weighted by Gasteiger charge is 2.25. The number of amides is 1. The monoisotopic (exact) mass is 377 g/mol. The van der Waals surface area contributed by atoms with Gasteiger partial charge in [0.2, 0.25) is 5.91 Å². The molecule has 8 heteroatoms. The van der Waals surface area contributed by atoms with Crippen LogP contribution in [-0.2, 0) is 4.79 Å². The maximum absolute atomic E-state index is 12.3. The van der Waals surface area contributed by atoms with Crippen molar-refractivity contribution in [2.24, 2.45) is 0 Å². The van der Waals surface area contributed by atoms with Gasteiger partial charge in [0.15, 0.2) is 5.16 Å². The van der Waals surface area contributed by atoms with E-state index in [0.29, 0.717) is 12.3 Å². The average molecular weight is 378 g/mol. The minimum Gasteiger partial charge on any atom is -0.468 e. The van der Waals surface area contributed by atoms with Crippen molar-refractivity contribution in [1.82, 2.24) is 25.0 Å². The van der Waals surface area contributed by atoms with Gasteiger partial charge in [0, 0.05) is 12.6 Å². The molecule has 1 unspecified atom stereocenters. The van der Waals surface area contributed by atoms with Crippen LogP contribution in [0.3, 0.4) is 0 Å². The first-order valence-electron chi connectivity index (χ1n) is 9.21. The number of furan rings is 1. The van der Waals surface area contributed by atoms with Gasteiger partial charge in [0.1, 0.15) is 12.1 Å². The Hall–Kier alpha value is -1.80. The number of rotatable bonds is 8. The van der Waals surface area contributed by atoms with Crippen molar-refractivity contribution in [3.63, 3.8) is 0 Å². The van der Waals surface area contributed by atoms with Crippen LogP contribution in [0.1, 0.15) is 51.0 Å². The number of nitrogens with one attached hydrogen (secondary N) is 1. The van der Waals surface area contributed by atoms with E-state index in [1.807, 2.05) is 16.7 Å². The van der Waals surface area contributed by atoms with Crippen LogP contribution in [0.5, 0.6) is 0 Å². The molecule has 0 radical (unpaired) electrons. The standard InChI is InChI=1S/C18H27N5O2S/c1-14(2)23-13-20-21-18(23)26-12-17(24)19-11-15(16-7-6-10-25-16)22-8-4-3-5-9-22/h6-7,10,13-15H,3-5,8-9,11-12H2,1-2H3,(H,19,24). The van der Waals surface area contributed by atoms with Gasteiger partial charge in [-0.3, -0.25) is 9.69 Å². The number of aromatic nitrogens is 3.